The summed E-state index contributed by atoms with van der Waals surface area (Å²) in [4.78, 5) is 13.4. The van der Waals surface area contributed by atoms with Crippen LogP contribution in [0.1, 0.15) is 6.92 Å². The van der Waals surface area contributed by atoms with Crippen LogP contribution in [0, 0.1) is 0 Å². The smallest absolute Gasteiger partial charge is 0.411 e. The summed E-state index contributed by atoms with van der Waals surface area (Å²) < 4.78 is 46.0. The van der Waals surface area contributed by atoms with Crippen molar-refractivity contribution in [1.82, 2.24) is 0 Å². The molecule has 0 fully saturated rings. The number of amides is 1. The standard InChI is InChI=1S/C13H15F3N2O3/c1-8-12(19)18(4-5-20-7-13(14,15)16)10-3-2-9(17)6-11(10)21-8/h2-3,6,8H,4-5,7,17H2,1H3. The van der Waals surface area contributed by atoms with Gasteiger partial charge in [-0.2, -0.15) is 13.2 Å². The lowest BCUT2D eigenvalue weighted by Gasteiger charge is -2.33. The Hall–Kier alpha value is -1.96. The number of anilines is 2. The third kappa shape index (κ3) is 3.78. The van der Waals surface area contributed by atoms with Crippen LogP contribution in [0.4, 0.5) is 24.5 Å². The molecule has 1 amide bonds. The zero-order chi connectivity index (χ0) is 15.6. The van der Waals surface area contributed by atoms with Gasteiger partial charge >= 0.3 is 6.18 Å². The number of nitrogens with zero attached hydrogens (tertiary/aromatic N) is 1. The van der Waals surface area contributed by atoms with Crippen molar-refractivity contribution in [3.8, 4) is 5.75 Å². The number of alkyl halides is 3. The molecule has 21 heavy (non-hydrogen) atoms. The van der Waals surface area contributed by atoms with Gasteiger partial charge < -0.3 is 20.1 Å². The normalized spacial score (nSPS) is 18.4. The summed E-state index contributed by atoms with van der Waals surface area (Å²) in [5, 5.41) is 0. The molecular formula is C13H15F3N2O3. The van der Waals surface area contributed by atoms with Gasteiger partial charge in [0.05, 0.1) is 12.3 Å². The molecule has 2 rings (SSSR count). The van der Waals surface area contributed by atoms with Crippen molar-refractivity contribution in [1.29, 1.82) is 0 Å². The molecule has 1 aliphatic heterocycles. The van der Waals surface area contributed by atoms with E-state index in [1.54, 1.807) is 25.1 Å². The molecule has 1 unspecified atom stereocenters. The van der Waals surface area contributed by atoms with Gasteiger partial charge in [0.25, 0.3) is 5.91 Å². The molecule has 0 radical (unpaired) electrons. The molecule has 0 saturated carbocycles. The highest BCUT2D eigenvalue weighted by Crippen LogP contribution is 2.35. The molecule has 0 spiro atoms. The summed E-state index contributed by atoms with van der Waals surface area (Å²) >= 11 is 0. The van der Waals surface area contributed by atoms with Gasteiger partial charge in [0, 0.05) is 18.3 Å². The van der Waals surface area contributed by atoms with Crippen LogP contribution >= 0.6 is 0 Å². The summed E-state index contributed by atoms with van der Waals surface area (Å²) in [6.07, 6.45) is -5.10. The van der Waals surface area contributed by atoms with E-state index in [0.29, 0.717) is 17.1 Å². The van der Waals surface area contributed by atoms with Crippen LogP contribution in [0.15, 0.2) is 18.2 Å². The van der Waals surface area contributed by atoms with E-state index in [-0.39, 0.29) is 19.1 Å². The Labute approximate surface area is 119 Å². The van der Waals surface area contributed by atoms with E-state index in [1.807, 2.05) is 0 Å². The number of ether oxygens (including phenoxy) is 2. The monoisotopic (exact) mass is 304 g/mol. The average Bonchev–Trinajstić information content (AvgIpc) is 2.37. The predicted molar refractivity (Wildman–Crippen MR) is 70.2 cm³/mol. The maximum Gasteiger partial charge on any atom is 0.411 e. The van der Waals surface area contributed by atoms with Crippen molar-refractivity contribution >= 4 is 17.3 Å². The molecule has 2 N–H and O–H groups in total. The number of nitrogens with two attached hydrogens (primary N) is 1. The third-order valence-electron chi connectivity index (χ3n) is 2.92. The maximum atomic E-state index is 12.1. The van der Waals surface area contributed by atoms with Gasteiger partial charge in [-0.1, -0.05) is 0 Å². The third-order valence-corrected chi connectivity index (χ3v) is 2.92. The topological polar surface area (TPSA) is 64.8 Å². The summed E-state index contributed by atoms with van der Waals surface area (Å²) in [5.74, 6) is 0.0980. The van der Waals surface area contributed by atoms with Gasteiger partial charge in [0.1, 0.15) is 12.4 Å². The lowest BCUT2D eigenvalue weighted by Crippen LogP contribution is -2.46. The Morgan fingerprint density at radius 1 is 1.43 bits per heavy atom. The fraction of sp³-hybridized carbons (Fsp3) is 0.462. The Balaban J connectivity index is 2.06. The number of fused-ring (bicyclic) bond motifs is 1. The lowest BCUT2D eigenvalue weighted by molar-refractivity contribution is -0.173. The first-order chi connectivity index (χ1) is 9.78. The number of hydrogen-bond acceptors (Lipinski definition) is 4. The highest BCUT2D eigenvalue weighted by atomic mass is 19.4. The molecule has 0 saturated heterocycles. The fourth-order valence-electron chi connectivity index (χ4n) is 2.00. The van der Waals surface area contributed by atoms with E-state index in [1.165, 1.54) is 4.90 Å². The van der Waals surface area contributed by atoms with E-state index in [0.717, 1.165) is 0 Å². The average molecular weight is 304 g/mol. The van der Waals surface area contributed by atoms with Gasteiger partial charge in [-0.3, -0.25) is 4.79 Å². The minimum atomic E-state index is -4.38. The predicted octanol–water partition coefficient (Wildman–Crippen LogP) is 1.96. The number of carbonyl (C=O) groups is 1. The number of rotatable bonds is 4. The Morgan fingerprint density at radius 3 is 2.81 bits per heavy atom. The van der Waals surface area contributed by atoms with Gasteiger partial charge in [0.2, 0.25) is 0 Å². The highest BCUT2D eigenvalue weighted by molar-refractivity contribution is 6.00. The molecule has 1 aromatic carbocycles. The number of carbonyl (C=O) groups excluding carboxylic acids is 1. The first kappa shape index (κ1) is 15.4. The second-order valence-electron chi connectivity index (χ2n) is 4.64. The van der Waals surface area contributed by atoms with E-state index in [2.05, 4.69) is 4.74 Å². The molecule has 1 atom stereocenters. The van der Waals surface area contributed by atoms with E-state index in [4.69, 9.17) is 10.5 Å². The lowest BCUT2D eigenvalue weighted by atomic mass is 10.1. The molecule has 116 valence electrons. The zero-order valence-corrected chi connectivity index (χ0v) is 11.3. The van der Waals surface area contributed by atoms with Crippen LogP contribution in [0.2, 0.25) is 0 Å². The van der Waals surface area contributed by atoms with E-state index in [9.17, 15) is 18.0 Å². The van der Waals surface area contributed by atoms with Crippen LogP contribution in [0.5, 0.6) is 5.75 Å². The Bertz CT molecular complexity index is 534. The van der Waals surface area contributed by atoms with Gasteiger partial charge in [-0.15, -0.1) is 0 Å². The summed E-state index contributed by atoms with van der Waals surface area (Å²) in [6.45, 7) is 0.0228. The largest absolute Gasteiger partial charge is 0.479 e. The Morgan fingerprint density at radius 2 is 2.14 bits per heavy atom. The summed E-state index contributed by atoms with van der Waals surface area (Å²) in [7, 11) is 0. The van der Waals surface area contributed by atoms with Crippen LogP contribution in [0.25, 0.3) is 0 Å². The van der Waals surface area contributed by atoms with Crippen molar-refractivity contribution < 1.29 is 27.4 Å². The van der Waals surface area contributed by atoms with Crippen molar-refractivity contribution in [3.63, 3.8) is 0 Å². The molecule has 0 aliphatic carbocycles. The second-order valence-corrected chi connectivity index (χ2v) is 4.64. The van der Waals surface area contributed by atoms with Crippen molar-refractivity contribution in [2.75, 3.05) is 30.4 Å². The number of benzene rings is 1. The molecule has 1 aromatic rings. The molecule has 1 heterocycles. The number of halogens is 3. The number of hydrogen-bond donors (Lipinski definition) is 1. The van der Waals surface area contributed by atoms with Crippen LogP contribution in [-0.2, 0) is 9.53 Å². The van der Waals surface area contributed by atoms with Crippen LogP contribution in [-0.4, -0.2) is 37.9 Å². The summed E-state index contributed by atoms with van der Waals surface area (Å²) in [6, 6.07) is 4.76. The number of nitrogen functional groups attached to an aromatic ring is 1. The van der Waals surface area contributed by atoms with Crippen molar-refractivity contribution in [3.05, 3.63) is 18.2 Å². The van der Waals surface area contributed by atoms with Crippen molar-refractivity contribution in [2.45, 2.75) is 19.2 Å². The SMILES string of the molecule is CC1Oc2cc(N)ccc2N(CCOCC(F)(F)F)C1=O. The van der Waals surface area contributed by atoms with E-state index < -0.39 is 18.9 Å². The maximum absolute atomic E-state index is 12.1. The quantitative estimate of drug-likeness (QED) is 0.682. The highest BCUT2D eigenvalue weighted by Gasteiger charge is 2.32. The van der Waals surface area contributed by atoms with Crippen LogP contribution in [0.3, 0.4) is 0 Å². The molecule has 8 heteroatoms. The molecule has 0 aromatic heterocycles. The molecule has 1 aliphatic rings. The molecule has 5 nitrogen and oxygen atoms in total. The summed E-state index contributed by atoms with van der Waals surface area (Å²) in [5.41, 5.74) is 6.59. The van der Waals surface area contributed by atoms with Gasteiger partial charge in [0.15, 0.2) is 6.10 Å². The van der Waals surface area contributed by atoms with Crippen LogP contribution < -0.4 is 15.4 Å². The fourth-order valence-corrected chi connectivity index (χ4v) is 2.00. The second kappa shape index (κ2) is 5.80. The molecular weight excluding hydrogens is 289 g/mol. The Kier molecular flexibility index (Phi) is 4.26. The zero-order valence-electron chi connectivity index (χ0n) is 11.3. The van der Waals surface area contributed by atoms with Gasteiger partial charge in [-0.05, 0) is 19.1 Å². The molecule has 0 bridgehead atoms. The first-order valence-corrected chi connectivity index (χ1v) is 6.30. The van der Waals surface area contributed by atoms with Gasteiger partial charge in [-0.25, -0.2) is 0 Å². The minimum Gasteiger partial charge on any atom is -0.479 e. The minimum absolute atomic E-state index is 0.0134. The van der Waals surface area contributed by atoms with E-state index >= 15 is 0 Å². The first-order valence-electron chi connectivity index (χ1n) is 6.30. The van der Waals surface area contributed by atoms with Crippen molar-refractivity contribution in [2.24, 2.45) is 0 Å².